The Morgan fingerprint density at radius 1 is 1.00 bits per heavy atom. The number of benzene rings is 2. The van der Waals surface area contributed by atoms with Crippen LogP contribution in [0.1, 0.15) is 10.4 Å². The molecule has 0 aliphatic heterocycles. The Balaban J connectivity index is 2.19. The summed E-state index contributed by atoms with van der Waals surface area (Å²) in [6, 6.07) is 13.2. The Morgan fingerprint density at radius 3 is 2.04 bits per heavy atom. The fraction of sp³-hybridized carbons (Fsp3) is 0.222. The minimum atomic E-state index is -3.69. The second-order valence-corrected chi connectivity index (χ2v) is 9.22. The van der Waals surface area contributed by atoms with Crippen molar-refractivity contribution in [2.75, 3.05) is 36.5 Å². The van der Waals surface area contributed by atoms with E-state index in [9.17, 15) is 18.0 Å². The van der Waals surface area contributed by atoms with Crippen LogP contribution in [0.5, 0.6) is 0 Å². The van der Waals surface area contributed by atoms with Gasteiger partial charge in [-0.25, -0.2) is 8.42 Å². The molecule has 0 spiro atoms. The van der Waals surface area contributed by atoms with Gasteiger partial charge in [-0.15, -0.1) is 0 Å². The van der Waals surface area contributed by atoms with Gasteiger partial charge in [0.2, 0.25) is 15.9 Å². The number of carbonyl (C=O) groups excluding carboxylic acids is 2. The third kappa shape index (κ3) is 5.93. The molecule has 2 amide bonds. The summed E-state index contributed by atoms with van der Waals surface area (Å²) in [6.45, 7) is -0.369. The van der Waals surface area contributed by atoms with Crippen LogP contribution in [0.3, 0.4) is 0 Å². The molecule has 2 aromatic carbocycles. The van der Waals surface area contributed by atoms with Crippen LogP contribution in [0, 0.1) is 3.57 Å². The van der Waals surface area contributed by atoms with E-state index in [-0.39, 0.29) is 12.5 Å². The van der Waals surface area contributed by atoms with Gasteiger partial charge in [-0.05, 0) is 71.1 Å². The van der Waals surface area contributed by atoms with E-state index >= 15 is 0 Å². The Labute approximate surface area is 172 Å². The summed E-state index contributed by atoms with van der Waals surface area (Å²) in [5, 5.41) is 2.68. The van der Waals surface area contributed by atoms with Crippen LogP contribution in [0.4, 0.5) is 11.4 Å². The maximum Gasteiger partial charge on any atom is 0.253 e. The fourth-order valence-electron chi connectivity index (χ4n) is 2.29. The third-order valence-corrected chi connectivity index (χ3v) is 5.48. The van der Waals surface area contributed by atoms with Crippen molar-refractivity contribution < 1.29 is 18.0 Å². The molecule has 0 saturated heterocycles. The average Bonchev–Trinajstić information content (AvgIpc) is 2.60. The van der Waals surface area contributed by atoms with E-state index in [2.05, 4.69) is 27.9 Å². The fourth-order valence-corrected chi connectivity index (χ4v) is 3.51. The second kappa shape index (κ2) is 8.70. The SMILES string of the molecule is CN(C)C(=O)c1ccc(N(CC(=O)Nc2ccc(I)cc2)S(C)(=O)=O)cc1. The normalized spacial score (nSPS) is 11.0. The molecule has 0 aromatic heterocycles. The van der Waals surface area contributed by atoms with Crippen LogP contribution < -0.4 is 9.62 Å². The number of rotatable bonds is 6. The summed E-state index contributed by atoms with van der Waals surface area (Å²) in [5.41, 5.74) is 1.33. The van der Waals surface area contributed by atoms with Gasteiger partial charge < -0.3 is 10.2 Å². The highest BCUT2D eigenvalue weighted by Crippen LogP contribution is 2.19. The number of hydrogen-bond donors (Lipinski definition) is 1. The zero-order valence-corrected chi connectivity index (χ0v) is 18.1. The highest BCUT2D eigenvalue weighted by molar-refractivity contribution is 14.1. The number of anilines is 2. The van der Waals surface area contributed by atoms with Crippen molar-refractivity contribution in [2.24, 2.45) is 0 Å². The first-order chi connectivity index (χ1) is 12.6. The maximum absolute atomic E-state index is 12.3. The Kier molecular flexibility index (Phi) is 6.82. The van der Waals surface area contributed by atoms with Gasteiger partial charge in [0.25, 0.3) is 5.91 Å². The molecule has 0 atom stereocenters. The summed E-state index contributed by atoms with van der Waals surface area (Å²) >= 11 is 2.15. The van der Waals surface area contributed by atoms with Crippen LogP contribution in [0.15, 0.2) is 48.5 Å². The molecule has 0 heterocycles. The molecule has 0 fully saturated rings. The number of sulfonamides is 1. The number of halogens is 1. The van der Waals surface area contributed by atoms with Gasteiger partial charge in [0.15, 0.2) is 0 Å². The lowest BCUT2D eigenvalue weighted by molar-refractivity contribution is -0.114. The van der Waals surface area contributed by atoms with Crippen molar-refractivity contribution in [3.63, 3.8) is 0 Å². The molecule has 144 valence electrons. The molecule has 2 rings (SSSR count). The van der Waals surface area contributed by atoms with Crippen molar-refractivity contribution in [1.82, 2.24) is 4.90 Å². The topological polar surface area (TPSA) is 86.8 Å². The summed E-state index contributed by atoms with van der Waals surface area (Å²) in [5.74, 6) is -0.654. The maximum atomic E-state index is 12.3. The largest absolute Gasteiger partial charge is 0.345 e. The molecule has 2 aromatic rings. The highest BCUT2D eigenvalue weighted by atomic mass is 127. The summed E-state index contributed by atoms with van der Waals surface area (Å²) in [6.07, 6.45) is 1.03. The summed E-state index contributed by atoms with van der Waals surface area (Å²) < 4.78 is 26.3. The molecule has 0 bridgehead atoms. The first-order valence-electron chi connectivity index (χ1n) is 7.93. The molecule has 0 saturated carbocycles. The lowest BCUT2D eigenvalue weighted by Crippen LogP contribution is -2.37. The molecule has 9 heteroatoms. The Morgan fingerprint density at radius 2 is 1.56 bits per heavy atom. The molecule has 7 nitrogen and oxygen atoms in total. The molecular formula is C18H20IN3O4S. The summed E-state index contributed by atoms with van der Waals surface area (Å²) in [4.78, 5) is 25.7. The van der Waals surface area contributed by atoms with Gasteiger partial charge in [-0.1, -0.05) is 0 Å². The third-order valence-electron chi connectivity index (χ3n) is 3.62. The van der Waals surface area contributed by atoms with E-state index < -0.39 is 15.9 Å². The van der Waals surface area contributed by atoms with Crippen molar-refractivity contribution in [3.8, 4) is 0 Å². The first-order valence-corrected chi connectivity index (χ1v) is 10.9. The number of carbonyl (C=O) groups is 2. The minimum Gasteiger partial charge on any atom is -0.345 e. The number of amides is 2. The highest BCUT2D eigenvalue weighted by Gasteiger charge is 2.21. The predicted molar refractivity (Wildman–Crippen MR) is 114 cm³/mol. The monoisotopic (exact) mass is 501 g/mol. The van der Waals surface area contributed by atoms with Gasteiger partial charge in [0.1, 0.15) is 6.54 Å². The first kappa shape index (κ1) is 21.2. The van der Waals surface area contributed by atoms with Crippen molar-refractivity contribution in [2.45, 2.75) is 0 Å². The van der Waals surface area contributed by atoms with Gasteiger partial charge in [-0.3, -0.25) is 13.9 Å². The molecule has 0 radical (unpaired) electrons. The zero-order chi connectivity index (χ0) is 20.2. The number of nitrogens with zero attached hydrogens (tertiary/aromatic N) is 2. The van der Waals surface area contributed by atoms with Crippen LogP contribution in [-0.4, -0.2) is 52.0 Å². The minimum absolute atomic E-state index is 0.191. The van der Waals surface area contributed by atoms with Crippen LogP contribution >= 0.6 is 22.6 Å². The van der Waals surface area contributed by atoms with Gasteiger partial charge in [-0.2, -0.15) is 0 Å². The number of hydrogen-bond acceptors (Lipinski definition) is 4. The van der Waals surface area contributed by atoms with E-state index in [1.807, 2.05) is 12.1 Å². The molecule has 0 aliphatic carbocycles. The van der Waals surface area contributed by atoms with E-state index in [0.29, 0.717) is 16.9 Å². The second-order valence-electron chi connectivity index (χ2n) is 6.07. The van der Waals surface area contributed by atoms with Crippen molar-refractivity contribution in [1.29, 1.82) is 0 Å². The van der Waals surface area contributed by atoms with Gasteiger partial charge in [0.05, 0.1) is 11.9 Å². The molecule has 27 heavy (non-hydrogen) atoms. The molecule has 1 N–H and O–H groups in total. The Bertz CT molecular complexity index is 926. The molecule has 0 unspecified atom stereocenters. The standard InChI is InChI=1S/C18H20IN3O4S/c1-21(2)18(24)13-4-10-16(11-5-13)22(27(3,25)26)12-17(23)20-15-8-6-14(19)7-9-15/h4-11H,12H2,1-3H3,(H,20,23). The Hall–Kier alpha value is -2.14. The van der Waals surface area contributed by atoms with E-state index in [1.54, 1.807) is 26.2 Å². The quantitative estimate of drug-likeness (QED) is 0.617. The number of nitrogens with one attached hydrogen (secondary N) is 1. The lowest BCUT2D eigenvalue weighted by Gasteiger charge is -2.22. The van der Waals surface area contributed by atoms with Crippen LogP contribution in [0.25, 0.3) is 0 Å². The molecule has 0 aliphatic rings. The van der Waals surface area contributed by atoms with Gasteiger partial charge >= 0.3 is 0 Å². The van der Waals surface area contributed by atoms with E-state index in [4.69, 9.17) is 0 Å². The predicted octanol–water partition coefficient (Wildman–Crippen LogP) is 2.40. The zero-order valence-electron chi connectivity index (χ0n) is 15.1. The van der Waals surface area contributed by atoms with Crippen LogP contribution in [0.2, 0.25) is 0 Å². The van der Waals surface area contributed by atoms with Crippen LogP contribution in [-0.2, 0) is 14.8 Å². The smallest absolute Gasteiger partial charge is 0.253 e. The lowest BCUT2D eigenvalue weighted by atomic mass is 10.2. The molecular weight excluding hydrogens is 481 g/mol. The van der Waals surface area contributed by atoms with E-state index in [1.165, 1.54) is 29.2 Å². The van der Waals surface area contributed by atoms with Gasteiger partial charge in [0, 0.05) is 28.9 Å². The van der Waals surface area contributed by atoms with Crippen molar-refractivity contribution in [3.05, 3.63) is 57.7 Å². The van der Waals surface area contributed by atoms with E-state index in [0.717, 1.165) is 14.1 Å². The summed E-state index contributed by atoms with van der Waals surface area (Å²) in [7, 11) is -0.420. The average molecular weight is 501 g/mol. The van der Waals surface area contributed by atoms with Crippen molar-refractivity contribution >= 4 is 55.8 Å².